The van der Waals surface area contributed by atoms with E-state index in [1.807, 2.05) is 0 Å². The summed E-state index contributed by atoms with van der Waals surface area (Å²) in [6.07, 6.45) is 3.12. The van der Waals surface area contributed by atoms with Crippen molar-refractivity contribution in [2.24, 2.45) is 0 Å². The molecule has 0 unspecified atom stereocenters. The summed E-state index contributed by atoms with van der Waals surface area (Å²) < 4.78 is 0. The van der Waals surface area contributed by atoms with Gasteiger partial charge in [0.05, 0.1) is 10.8 Å². The third kappa shape index (κ3) is 4.11. The van der Waals surface area contributed by atoms with Crippen molar-refractivity contribution in [3.63, 3.8) is 0 Å². The number of nitrogens with one attached hydrogen (secondary N) is 1. The summed E-state index contributed by atoms with van der Waals surface area (Å²) in [5.74, 6) is 0.322. The Morgan fingerprint density at radius 2 is 2.11 bits per heavy atom. The monoisotopic (exact) mass is 294 g/mol. The van der Waals surface area contributed by atoms with Gasteiger partial charge in [0.1, 0.15) is 0 Å². The molecule has 0 fully saturated rings. The number of hydrogen-bond donors (Lipinski definition) is 2. The summed E-state index contributed by atoms with van der Waals surface area (Å²) in [7, 11) is 0. The van der Waals surface area contributed by atoms with Crippen LogP contribution in [-0.4, -0.2) is 21.6 Å². The Morgan fingerprint density at radius 3 is 2.79 bits per heavy atom. The van der Waals surface area contributed by atoms with Crippen LogP contribution >= 0.6 is 23.4 Å². The van der Waals surface area contributed by atoms with Crippen LogP contribution in [0.1, 0.15) is 0 Å². The Hall–Kier alpha value is -1.79. The zero-order chi connectivity index (χ0) is 13.7. The average Bonchev–Trinajstić information content (AvgIpc) is 2.39. The van der Waals surface area contributed by atoms with Crippen molar-refractivity contribution in [1.29, 1.82) is 0 Å². The van der Waals surface area contributed by atoms with Gasteiger partial charge in [0.25, 0.3) is 0 Å². The molecule has 0 aliphatic rings. The summed E-state index contributed by atoms with van der Waals surface area (Å²) in [6, 6.07) is 6.86. The topological polar surface area (TPSA) is 80.9 Å². The highest BCUT2D eigenvalue weighted by Gasteiger charge is 2.07. The molecule has 5 nitrogen and oxygen atoms in total. The second-order valence-corrected chi connectivity index (χ2v) is 5.02. The van der Waals surface area contributed by atoms with E-state index in [0.29, 0.717) is 10.7 Å². The first-order chi connectivity index (χ1) is 9.15. The number of rotatable bonds is 4. The number of nitrogens with two attached hydrogens (primary N) is 1. The van der Waals surface area contributed by atoms with Crippen molar-refractivity contribution in [2.45, 2.75) is 4.90 Å². The molecule has 0 aliphatic carbocycles. The summed E-state index contributed by atoms with van der Waals surface area (Å²) in [6.45, 7) is 0. The molecule has 0 aliphatic heterocycles. The van der Waals surface area contributed by atoms with E-state index in [1.165, 1.54) is 11.8 Å². The number of anilines is 2. The van der Waals surface area contributed by atoms with Gasteiger partial charge in [-0.1, -0.05) is 11.6 Å². The Morgan fingerprint density at radius 1 is 1.37 bits per heavy atom. The Labute approximate surface area is 119 Å². The zero-order valence-corrected chi connectivity index (χ0v) is 11.4. The van der Waals surface area contributed by atoms with Crippen molar-refractivity contribution in [1.82, 2.24) is 9.97 Å². The molecule has 1 heterocycles. The van der Waals surface area contributed by atoms with E-state index < -0.39 is 0 Å². The fraction of sp³-hybridized carbons (Fsp3) is 0.0833. The minimum Gasteiger partial charge on any atom is -0.399 e. The molecule has 0 bridgehead atoms. The number of amides is 1. The standard InChI is InChI=1S/C12H11ClN4OS/c13-9-6-8(14)2-3-10(9)19-7-11(18)17-12-15-4-1-5-16-12/h1-6H,7,14H2,(H,15,16,17,18). The number of nitrogens with zero attached hydrogens (tertiary/aromatic N) is 2. The van der Waals surface area contributed by atoms with Crippen LogP contribution < -0.4 is 11.1 Å². The summed E-state index contributed by atoms with van der Waals surface area (Å²) in [4.78, 5) is 20.3. The lowest BCUT2D eigenvalue weighted by Gasteiger charge is -2.05. The van der Waals surface area contributed by atoms with Crippen LogP contribution in [0, 0.1) is 0 Å². The molecule has 1 aromatic carbocycles. The normalized spacial score (nSPS) is 10.2. The first kappa shape index (κ1) is 13.6. The molecule has 1 aromatic heterocycles. The molecule has 3 N–H and O–H groups in total. The molecule has 0 saturated heterocycles. The molecule has 7 heteroatoms. The number of carbonyl (C=O) groups is 1. The van der Waals surface area contributed by atoms with Crippen LogP contribution in [0.25, 0.3) is 0 Å². The van der Waals surface area contributed by atoms with E-state index >= 15 is 0 Å². The first-order valence-electron chi connectivity index (χ1n) is 5.40. The molecule has 0 spiro atoms. The lowest BCUT2D eigenvalue weighted by Crippen LogP contribution is -2.15. The number of halogens is 1. The number of nitrogen functional groups attached to an aromatic ring is 1. The smallest absolute Gasteiger partial charge is 0.237 e. The molecule has 1 amide bonds. The number of benzene rings is 1. The highest BCUT2D eigenvalue weighted by Crippen LogP contribution is 2.28. The maximum absolute atomic E-state index is 11.7. The van der Waals surface area contributed by atoms with Gasteiger partial charge < -0.3 is 5.73 Å². The molecular weight excluding hydrogens is 284 g/mol. The van der Waals surface area contributed by atoms with Gasteiger partial charge in [0.15, 0.2) is 0 Å². The number of aromatic nitrogens is 2. The van der Waals surface area contributed by atoms with Gasteiger partial charge in [-0.05, 0) is 24.3 Å². The summed E-state index contributed by atoms with van der Waals surface area (Å²) >= 11 is 7.34. The maximum Gasteiger partial charge on any atom is 0.237 e. The van der Waals surface area contributed by atoms with Crippen LogP contribution in [0.5, 0.6) is 0 Å². The fourth-order valence-corrected chi connectivity index (χ4v) is 2.37. The second-order valence-electron chi connectivity index (χ2n) is 3.60. The quantitative estimate of drug-likeness (QED) is 0.669. The van der Waals surface area contributed by atoms with Crippen molar-refractivity contribution >= 4 is 40.9 Å². The largest absolute Gasteiger partial charge is 0.399 e. The number of thioether (sulfide) groups is 1. The zero-order valence-electron chi connectivity index (χ0n) is 9.84. The molecule has 0 radical (unpaired) electrons. The predicted octanol–water partition coefficient (Wildman–Crippen LogP) is 2.44. The first-order valence-corrected chi connectivity index (χ1v) is 6.76. The van der Waals surface area contributed by atoms with Gasteiger partial charge in [-0.2, -0.15) is 0 Å². The van der Waals surface area contributed by atoms with E-state index in [9.17, 15) is 4.79 Å². The van der Waals surface area contributed by atoms with E-state index in [4.69, 9.17) is 17.3 Å². The van der Waals surface area contributed by atoms with Crippen LogP contribution in [0.4, 0.5) is 11.6 Å². The van der Waals surface area contributed by atoms with Gasteiger partial charge in [-0.25, -0.2) is 9.97 Å². The molecule has 0 atom stereocenters. The minimum absolute atomic E-state index is 0.191. The molecule has 2 rings (SSSR count). The van der Waals surface area contributed by atoms with Crippen molar-refractivity contribution in [3.8, 4) is 0 Å². The van der Waals surface area contributed by atoms with E-state index in [2.05, 4.69) is 15.3 Å². The number of carbonyl (C=O) groups excluding carboxylic acids is 1. The fourth-order valence-electron chi connectivity index (χ4n) is 1.30. The van der Waals surface area contributed by atoms with Crippen molar-refractivity contribution < 1.29 is 4.79 Å². The highest BCUT2D eigenvalue weighted by atomic mass is 35.5. The van der Waals surface area contributed by atoms with Crippen LogP contribution in [-0.2, 0) is 4.79 Å². The third-order valence-corrected chi connectivity index (χ3v) is 3.63. The van der Waals surface area contributed by atoms with Gasteiger partial charge >= 0.3 is 0 Å². The lowest BCUT2D eigenvalue weighted by molar-refractivity contribution is -0.113. The Balaban J connectivity index is 1.90. The van der Waals surface area contributed by atoms with E-state index in [1.54, 1.807) is 36.7 Å². The van der Waals surface area contributed by atoms with E-state index in [-0.39, 0.29) is 17.6 Å². The molecule has 2 aromatic rings. The van der Waals surface area contributed by atoms with Gasteiger partial charge in [0, 0.05) is 23.0 Å². The highest BCUT2D eigenvalue weighted by molar-refractivity contribution is 8.00. The van der Waals surface area contributed by atoms with Crippen LogP contribution in [0.3, 0.4) is 0 Å². The van der Waals surface area contributed by atoms with Crippen molar-refractivity contribution in [3.05, 3.63) is 41.7 Å². The molecule has 98 valence electrons. The van der Waals surface area contributed by atoms with Gasteiger partial charge in [0.2, 0.25) is 11.9 Å². The Bertz CT molecular complexity index is 579. The maximum atomic E-state index is 11.7. The summed E-state index contributed by atoms with van der Waals surface area (Å²) in [5, 5.41) is 3.13. The SMILES string of the molecule is Nc1ccc(SCC(=O)Nc2ncccn2)c(Cl)c1. The molecular formula is C12H11ClN4OS. The minimum atomic E-state index is -0.191. The van der Waals surface area contributed by atoms with Crippen LogP contribution in [0.15, 0.2) is 41.6 Å². The molecule has 0 saturated carbocycles. The van der Waals surface area contributed by atoms with E-state index in [0.717, 1.165) is 4.90 Å². The second kappa shape index (κ2) is 6.40. The van der Waals surface area contributed by atoms with Crippen LogP contribution in [0.2, 0.25) is 5.02 Å². The lowest BCUT2D eigenvalue weighted by atomic mass is 10.3. The predicted molar refractivity (Wildman–Crippen MR) is 77.3 cm³/mol. The van der Waals surface area contributed by atoms with Crippen molar-refractivity contribution in [2.75, 3.05) is 16.8 Å². The third-order valence-electron chi connectivity index (χ3n) is 2.13. The van der Waals surface area contributed by atoms with Gasteiger partial charge in [-0.3, -0.25) is 10.1 Å². The average molecular weight is 295 g/mol. The summed E-state index contributed by atoms with van der Waals surface area (Å²) in [5.41, 5.74) is 6.19. The molecule has 19 heavy (non-hydrogen) atoms. The number of hydrogen-bond acceptors (Lipinski definition) is 5. The van der Waals surface area contributed by atoms with Gasteiger partial charge in [-0.15, -0.1) is 11.8 Å². The Kier molecular flexibility index (Phi) is 4.59.